The first-order valence-electron chi connectivity index (χ1n) is 11.6. The lowest BCUT2D eigenvalue weighted by atomic mass is 10.1. The van der Waals surface area contributed by atoms with Crippen molar-refractivity contribution in [3.63, 3.8) is 0 Å². The van der Waals surface area contributed by atoms with Crippen molar-refractivity contribution in [3.8, 4) is 0 Å². The molecule has 0 N–H and O–H groups in total. The highest BCUT2D eigenvalue weighted by Crippen LogP contribution is 2.11. The van der Waals surface area contributed by atoms with E-state index in [1.54, 1.807) is 0 Å². The van der Waals surface area contributed by atoms with Crippen LogP contribution in [0.3, 0.4) is 0 Å². The van der Waals surface area contributed by atoms with Gasteiger partial charge >= 0.3 is 0 Å². The molecule has 0 fully saturated rings. The molecule has 0 radical (unpaired) electrons. The van der Waals surface area contributed by atoms with Gasteiger partial charge in [-0.3, -0.25) is 0 Å². The number of hydrogen-bond donors (Lipinski definition) is 0. The molecule has 1 heteroatoms. The van der Waals surface area contributed by atoms with E-state index in [0.717, 1.165) is 0 Å². The minimum absolute atomic E-state index is 1.35. The minimum Gasteiger partial charge on any atom is -0.303 e. The Labute approximate surface area is 155 Å². The summed E-state index contributed by atoms with van der Waals surface area (Å²) in [6.45, 7) is 11.0. The molecule has 0 spiro atoms. The maximum atomic E-state index is 2.77. The summed E-state index contributed by atoms with van der Waals surface area (Å²) in [5, 5.41) is 0. The first kappa shape index (κ1) is 24.0. The second-order valence-electron chi connectivity index (χ2n) is 7.79. The normalized spacial score (nSPS) is 11.5. The third-order valence-electron chi connectivity index (χ3n) is 5.23. The number of nitrogens with zero attached hydrogens (tertiary/aromatic N) is 1. The molecule has 1 nitrogen and oxygen atoms in total. The molecule has 0 amide bonds. The summed E-state index contributed by atoms with van der Waals surface area (Å²) < 4.78 is 0. The summed E-state index contributed by atoms with van der Waals surface area (Å²) in [4.78, 5) is 2.77. The van der Waals surface area contributed by atoms with Gasteiger partial charge in [0.15, 0.2) is 0 Å². The first-order chi connectivity index (χ1) is 11.8. The Morgan fingerprint density at radius 1 is 0.333 bits per heavy atom. The van der Waals surface area contributed by atoms with Gasteiger partial charge in [0.2, 0.25) is 0 Å². The molecule has 0 aromatic carbocycles. The first-order valence-corrected chi connectivity index (χ1v) is 11.6. The van der Waals surface area contributed by atoms with Crippen LogP contribution in [0, 0.1) is 0 Å². The SMILES string of the molecule is CCCCCCCCCCCN(CCCCCC)CCCCCC. The zero-order valence-corrected chi connectivity index (χ0v) is 17.6. The molecule has 24 heavy (non-hydrogen) atoms. The van der Waals surface area contributed by atoms with Crippen LogP contribution < -0.4 is 0 Å². The third-order valence-corrected chi connectivity index (χ3v) is 5.23. The molecule has 146 valence electrons. The standard InChI is InChI=1S/C23H49N/c1-4-7-10-13-14-15-16-17-20-23-24(21-18-11-8-5-2)22-19-12-9-6-3/h4-23H2,1-3H3. The van der Waals surface area contributed by atoms with Crippen molar-refractivity contribution in [2.75, 3.05) is 19.6 Å². The largest absolute Gasteiger partial charge is 0.303 e. The predicted octanol–water partition coefficient (Wildman–Crippen LogP) is 7.98. The van der Waals surface area contributed by atoms with Crippen molar-refractivity contribution in [2.24, 2.45) is 0 Å². The van der Waals surface area contributed by atoms with E-state index in [1.165, 1.54) is 129 Å². The average Bonchev–Trinajstić information content (AvgIpc) is 2.60. The number of unbranched alkanes of at least 4 members (excludes halogenated alkanes) is 14. The summed E-state index contributed by atoms with van der Waals surface area (Å²) >= 11 is 0. The smallest absolute Gasteiger partial charge is 0.00187 e. The number of rotatable bonds is 20. The monoisotopic (exact) mass is 339 g/mol. The molecular formula is C23H49N. The van der Waals surface area contributed by atoms with Crippen LogP contribution in [0.25, 0.3) is 0 Å². The van der Waals surface area contributed by atoms with E-state index in [2.05, 4.69) is 25.7 Å². The van der Waals surface area contributed by atoms with Crippen LogP contribution in [-0.2, 0) is 0 Å². The highest BCUT2D eigenvalue weighted by molar-refractivity contribution is 4.60. The van der Waals surface area contributed by atoms with Gasteiger partial charge in [-0.15, -0.1) is 0 Å². The Bertz CT molecular complexity index is 202. The van der Waals surface area contributed by atoms with Crippen molar-refractivity contribution in [2.45, 2.75) is 130 Å². The highest BCUT2D eigenvalue weighted by Gasteiger charge is 2.04. The second-order valence-corrected chi connectivity index (χ2v) is 7.79. The van der Waals surface area contributed by atoms with Gasteiger partial charge in [-0.1, -0.05) is 111 Å². The fourth-order valence-electron chi connectivity index (χ4n) is 3.51. The van der Waals surface area contributed by atoms with Gasteiger partial charge in [-0.05, 0) is 38.9 Å². The van der Waals surface area contributed by atoms with Crippen LogP contribution in [0.2, 0.25) is 0 Å². The molecule has 0 saturated carbocycles. The van der Waals surface area contributed by atoms with E-state index in [0.29, 0.717) is 0 Å². The predicted molar refractivity (Wildman–Crippen MR) is 112 cm³/mol. The highest BCUT2D eigenvalue weighted by atomic mass is 15.1. The summed E-state index contributed by atoms with van der Waals surface area (Å²) in [5.74, 6) is 0. The van der Waals surface area contributed by atoms with E-state index >= 15 is 0 Å². The van der Waals surface area contributed by atoms with E-state index in [4.69, 9.17) is 0 Å². The Morgan fingerprint density at radius 3 is 0.917 bits per heavy atom. The molecule has 0 aromatic heterocycles. The Hall–Kier alpha value is -0.0400. The molecule has 0 rings (SSSR count). The van der Waals surface area contributed by atoms with E-state index < -0.39 is 0 Å². The van der Waals surface area contributed by atoms with Crippen molar-refractivity contribution < 1.29 is 0 Å². The molecule has 0 saturated heterocycles. The average molecular weight is 340 g/mol. The molecule has 0 bridgehead atoms. The van der Waals surface area contributed by atoms with Gasteiger partial charge in [0.25, 0.3) is 0 Å². The maximum Gasteiger partial charge on any atom is -0.00187 e. The van der Waals surface area contributed by atoms with E-state index in [1.807, 2.05) is 0 Å². The minimum atomic E-state index is 1.35. The maximum absolute atomic E-state index is 2.77. The van der Waals surface area contributed by atoms with Crippen LogP contribution in [-0.4, -0.2) is 24.5 Å². The van der Waals surface area contributed by atoms with Gasteiger partial charge in [0.05, 0.1) is 0 Å². The topological polar surface area (TPSA) is 3.24 Å². The van der Waals surface area contributed by atoms with E-state index in [9.17, 15) is 0 Å². The molecule has 0 aliphatic heterocycles. The Balaban J connectivity index is 3.62. The zero-order valence-electron chi connectivity index (χ0n) is 17.6. The summed E-state index contributed by atoms with van der Waals surface area (Å²) in [6.07, 6.45) is 24.3. The van der Waals surface area contributed by atoms with Crippen LogP contribution in [0.5, 0.6) is 0 Å². The lowest BCUT2D eigenvalue weighted by molar-refractivity contribution is 0.254. The molecule has 0 aliphatic rings. The fourth-order valence-corrected chi connectivity index (χ4v) is 3.51. The lowest BCUT2D eigenvalue weighted by Crippen LogP contribution is -2.27. The third kappa shape index (κ3) is 18.3. The van der Waals surface area contributed by atoms with Crippen LogP contribution >= 0.6 is 0 Å². The van der Waals surface area contributed by atoms with Gasteiger partial charge in [0, 0.05) is 0 Å². The summed E-state index contributed by atoms with van der Waals surface area (Å²) in [5.41, 5.74) is 0. The quantitative estimate of drug-likeness (QED) is 0.203. The van der Waals surface area contributed by atoms with Crippen molar-refractivity contribution in [3.05, 3.63) is 0 Å². The van der Waals surface area contributed by atoms with Crippen molar-refractivity contribution >= 4 is 0 Å². The van der Waals surface area contributed by atoms with Crippen molar-refractivity contribution in [1.82, 2.24) is 4.90 Å². The molecule has 0 unspecified atom stereocenters. The lowest BCUT2D eigenvalue weighted by Gasteiger charge is -2.22. The summed E-state index contributed by atoms with van der Waals surface area (Å²) in [7, 11) is 0. The van der Waals surface area contributed by atoms with Gasteiger partial charge in [-0.25, -0.2) is 0 Å². The van der Waals surface area contributed by atoms with Gasteiger partial charge < -0.3 is 4.90 Å². The second kappa shape index (κ2) is 21.0. The van der Waals surface area contributed by atoms with Crippen LogP contribution in [0.15, 0.2) is 0 Å². The van der Waals surface area contributed by atoms with Gasteiger partial charge in [-0.2, -0.15) is 0 Å². The molecular weight excluding hydrogens is 290 g/mol. The fraction of sp³-hybridized carbons (Fsp3) is 1.00. The molecule has 0 atom stereocenters. The van der Waals surface area contributed by atoms with Gasteiger partial charge in [0.1, 0.15) is 0 Å². The molecule has 0 heterocycles. The Kier molecular flexibility index (Phi) is 21.0. The molecule has 0 aliphatic carbocycles. The summed E-state index contributed by atoms with van der Waals surface area (Å²) in [6, 6.07) is 0. The Morgan fingerprint density at radius 2 is 0.583 bits per heavy atom. The number of hydrogen-bond acceptors (Lipinski definition) is 1. The van der Waals surface area contributed by atoms with E-state index in [-0.39, 0.29) is 0 Å². The van der Waals surface area contributed by atoms with Crippen molar-refractivity contribution in [1.29, 1.82) is 0 Å². The van der Waals surface area contributed by atoms with Crippen LogP contribution in [0.1, 0.15) is 130 Å². The van der Waals surface area contributed by atoms with Crippen LogP contribution in [0.4, 0.5) is 0 Å². The molecule has 0 aromatic rings. The zero-order chi connectivity index (χ0) is 17.7.